The van der Waals surface area contributed by atoms with Crippen molar-refractivity contribution in [1.29, 1.82) is 0 Å². The third-order valence-corrected chi connectivity index (χ3v) is 18.2. The Morgan fingerprint density at radius 3 is 0.695 bits per heavy atom. The second-order valence-electron chi connectivity index (χ2n) is 17.7. The minimum absolute atomic E-state index is 1.29. The van der Waals surface area contributed by atoms with Gasteiger partial charge in [0.1, 0.15) is 0 Å². The molecule has 0 rings (SSSR count). The maximum atomic E-state index is 2.73. The van der Waals surface area contributed by atoms with Gasteiger partial charge in [0.25, 0.3) is 0 Å². The highest BCUT2D eigenvalue weighted by atomic mass is 32.2. The number of thioether (sulfide) groups is 5. The largest absolute Gasteiger partial charge is 0.124 e. The third-order valence-electron chi connectivity index (χ3n) is 11.7. The summed E-state index contributed by atoms with van der Waals surface area (Å²) in [5, 5.41) is 0. The fraction of sp³-hybridized carbons (Fsp3) is 0.926. The maximum absolute atomic E-state index is 2.73. The quantitative estimate of drug-likeness (QED) is 0.0439. The molecule has 0 aliphatic rings. The Balaban J connectivity index is 5.87. The summed E-state index contributed by atoms with van der Waals surface area (Å²) in [6, 6.07) is 0. The van der Waals surface area contributed by atoms with E-state index < -0.39 is 0 Å². The van der Waals surface area contributed by atoms with Crippen LogP contribution in [0.4, 0.5) is 0 Å². The molecule has 0 saturated carbocycles. The van der Waals surface area contributed by atoms with Gasteiger partial charge in [0.2, 0.25) is 0 Å². The van der Waals surface area contributed by atoms with Crippen LogP contribution in [-0.4, -0.2) is 28.8 Å². The van der Waals surface area contributed by atoms with E-state index in [0.29, 0.717) is 0 Å². The average Bonchev–Trinajstić information content (AvgIpc) is 3.24. The van der Waals surface area contributed by atoms with Gasteiger partial charge in [-0.3, -0.25) is 0 Å². The summed E-state index contributed by atoms with van der Waals surface area (Å²) >= 11 is 11.2. The predicted molar refractivity (Wildman–Crippen MR) is 290 cm³/mol. The first-order valence-corrected chi connectivity index (χ1v) is 31.8. The van der Waals surface area contributed by atoms with E-state index in [2.05, 4.69) is 99.5 Å². The first-order chi connectivity index (χ1) is 29.2. The molecule has 0 aromatic carbocycles. The molecule has 0 atom stereocenters. The minimum atomic E-state index is 1.29. The zero-order valence-corrected chi connectivity index (χ0v) is 45.0. The number of allylic oxidation sites excluding steroid dienone is 1. The van der Waals surface area contributed by atoms with E-state index in [1.807, 2.05) is 0 Å². The Hall–Kier alpha value is 1.23. The monoisotopic (exact) mass is 915 g/mol. The van der Waals surface area contributed by atoms with Crippen LogP contribution in [-0.2, 0) is 0 Å². The SMILES string of the molecule is CCCCCCCCCCSC(=CC(SCCCCCCCCCC)=C(SCCCCCCCCCC)SCCCCCCCCCC)SCCCCCCCCCC. The zero-order valence-electron chi connectivity index (χ0n) is 40.9. The summed E-state index contributed by atoms with van der Waals surface area (Å²) < 4.78 is 3.31. The van der Waals surface area contributed by atoms with Crippen molar-refractivity contribution >= 4 is 58.8 Å². The number of hydrogen-bond acceptors (Lipinski definition) is 5. The fourth-order valence-corrected chi connectivity index (χ4v) is 14.0. The summed E-state index contributed by atoms with van der Waals surface area (Å²) in [4.78, 5) is 1.64. The predicted octanol–water partition coefficient (Wildman–Crippen LogP) is 22.4. The van der Waals surface area contributed by atoms with Crippen LogP contribution in [0.2, 0.25) is 0 Å². The summed E-state index contributed by atoms with van der Waals surface area (Å²) in [7, 11) is 0. The summed E-state index contributed by atoms with van der Waals surface area (Å²) in [6.45, 7) is 11.7. The normalized spacial score (nSPS) is 11.5. The average molecular weight is 916 g/mol. The van der Waals surface area contributed by atoms with Crippen LogP contribution in [0.5, 0.6) is 0 Å². The van der Waals surface area contributed by atoms with E-state index in [0.717, 1.165) is 0 Å². The smallest absolute Gasteiger partial charge is 0.0538 e. The molecule has 0 bridgehead atoms. The molecule has 0 heterocycles. The van der Waals surface area contributed by atoms with Crippen LogP contribution in [0.25, 0.3) is 0 Å². The number of unbranched alkanes of at least 4 members (excludes halogenated alkanes) is 35. The first kappa shape index (κ1) is 60.2. The molecule has 0 saturated heterocycles. The van der Waals surface area contributed by atoms with Crippen LogP contribution in [0, 0.1) is 0 Å². The Kier molecular flexibility index (Phi) is 54.7. The molecule has 0 N–H and O–H groups in total. The van der Waals surface area contributed by atoms with Crippen LogP contribution < -0.4 is 0 Å². The molecule has 0 aromatic rings. The first-order valence-electron chi connectivity index (χ1n) is 26.8. The lowest BCUT2D eigenvalue weighted by molar-refractivity contribution is 0.586. The molecule has 0 aliphatic carbocycles. The Labute approximate surface area is 395 Å². The van der Waals surface area contributed by atoms with Crippen molar-refractivity contribution in [3.8, 4) is 0 Å². The summed E-state index contributed by atoms with van der Waals surface area (Å²) in [6.07, 6.45) is 59.4. The highest BCUT2D eigenvalue weighted by Gasteiger charge is 2.12. The van der Waals surface area contributed by atoms with Crippen LogP contribution in [0.1, 0.15) is 291 Å². The van der Waals surface area contributed by atoms with E-state index in [-0.39, 0.29) is 0 Å². The molecule has 0 aliphatic heterocycles. The molecule has 0 amide bonds. The van der Waals surface area contributed by atoms with Gasteiger partial charge in [0.15, 0.2) is 0 Å². The molecule has 0 spiro atoms. The Morgan fingerprint density at radius 1 is 0.237 bits per heavy atom. The number of rotatable bonds is 51. The van der Waals surface area contributed by atoms with E-state index in [4.69, 9.17) is 0 Å². The number of hydrogen-bond donors (Lipinski definition) is 0. The van der Waals surface area contributed by atoms with Crippen LogP contribution in [0.15, 0.2) is 19.5 Å². The van der Waals surface area contributed by atoms with E-state index in [9.17, 15) is 0 Å². The van der Waals surface area contributed by atoms with Gasteiger partial charge < -0.3 is 0 Å². The Morgan fingerprint density at radius 2 is 0.441 bits per heavy atom. The summed E-state index contributed by atoms with van der Waals surface area (Å²) in [5.41, 5.74) is 0. The lowest BCUT2D eigenvalue weighted by Crippen LogP contribution is -1.92. The molecule has 0 aromatic heterocycles. The minimum Gasteiger partial charge on any atom is -0.124 e. The molecule has 352 valence electrons. The van der Waals surface area contributed by atoms with Crippen LogP contribution >= 0.6 is 58.8 Å². The molecule has 0 nitrogen and oxygen atoms in total. The van der Waals surface area contributed by atoms with Crippen molar-refractivity contribution in [3.05, 3.63) is 19.5 Å². The van der Waals surface area contributed by atoms with Gasteiger partial charge >= 0.3 is 0 Å². The van der Waals surface area contributed by atoms with Gasteiger partial charge in [-0.15, -0.1) is 58.8 Å². The third kappa shape index (κ3) is 47.0. The molecule has 0 radical (unpaired) electrons. The van der Waals surface area contributed by atoms with Gasteiger partial charge in [-0.05, 0) is 66.9 Å². The topological polar surface area (TPSA) is 0 Å². The van der Waals surface area contributed by atoms with Gasteiger partial charge in [-0.2, -0.15) is 0 Å². The lowest BCUT2D eigenvalue weighted by Gasteiger charge is -2.15. The highest BCUT2D eigenvalue weighted by molar-refractivity contribution is 8.23. The molecule has 0 unspecified atom stereocenters. The van der Waals surface area contributed by atoms with Crippen molar-refractivity contribution in [3.63, 3.8) is 0 Å². The van der Waals surface area contributed by atoms with Gasteiger partial charge in [0.05, 0.1) is 4.24 Å². The molecular formula is C54H106S5. The summed E-state index contributed by atoms with van der Waals surface area (Å²) in [5.74, 6) is 6.49. The van der Waals surface area contributed by atoms with Gasteiger partial charge in [-0.25, -0.2) is 0 Å². The van der Waals surface area contributed by atoms with E-state index in [1.165, 1.54) is 286 Å². The molecule has 59 heavy (non-hydrogen) atoms. The standard InChI is InChI=1S/C54H106S5/c1-6-11-16-21-26-31-36-41-46-55-52(54(58-49-44-39-34-29-24-19-14-9-4)59-50-45-40-35-30-25-20-15-10-5)51-53(56-47-42-37-32-27-22-17-12-7-2)57-48-43-38-33-28-23-18-13-8-3/h51H,6-50H2,1-5H3. The molecule has 5 heteroatoms. The van der Waals surface area contributed by atoms with E-state index >= 15 is 0 Å². The zero-order chi connectivity index (χ0) is 42.8. The van der Waals surface area contributed by atoms with Gasteiger partial charge in [-0.1, -0.05) is 259 Å². The van der Waals surface area contributed by atoms with E-state index in [1.54, 1.807) is 13.4 Å². The second-order valence-corrected chi connectivity index (χ2v) is 23.9. The van der Waals surface area contributed by atoms with Crippen molar-refractivity contribution in [2.24, 2.45) is 0 Å². The van der Waals surface area contributed by atoms with Crippen molar-refractivity contribution in [1.82, 2.24) is 0 Å². The lowest BCUT2D eigenvalue weighted by atomic mass is 10.1. The van der Waals surface area contributed by atoms with Crippen LogP contribution in [0.3, 0.4) is 0 Å². The van der Waals surface area contributed by atoms with Crippen molar-refractivity contribution in [2.45, 2.75) is 291 Å². The van der Waals surface area contributed by atoms with Crippen molar-refractivity contribution < 1.29 is 0 Å². The van der Waals surface area contributed by atoms with Gasteiger partial charge in [0, 0.05) is 9.14 Å². The second kappa shape index (κ2) is 53.6. The maximum Gasteiger partial charge on any atom is 0.0538 e. The molecular weight excluding hydrogens is 809 g/mol. The Bertz CT molecular complexity index is 806. The highest BCUT2D eigenvalue weighted by Crippen LogP contribution is 2.42. The molecule has 0 fully saturated rings. The van der Waals surface area contributed by atoms with Crippen molar-refractivity contribution in [2.75, 3.05) is 28.8 Å². The fourth-order valence-electron chi connectivity index (χ4n) is 7.61.